The number of aromatic nitrogens is 2. The Hall–Kier alpha value is -3.35. The first-order chi connectivity index (χ1) is 12.9. The summed E-state index contributed by atoms with van der Waals surface area (Å²) >= 11 is 0. The van der Waals surface area contributed by atoms with Crippen LogP contribution in [-0.2, 0) is 4.79 Å². The largest absolute Gasteiger partial charge is 0.326 e. The predicted molar refractivity (Wildman–Crippen MR) is 102 cm³/mol. The van der Waals surface area contributed by atoms with Crippen LogP contribution >= 0.6 is 0 Å². The number of anilines is 2. The normalized spacial score (nSPS) is 10.7. The topological polar surface area (TPSA) is 84.0 Å². The number of carbonyl (C=O) groups excluding carboxylic acids is 2. The van der Waals surface area contributed by atoms with Crippen molar-refractivity contribution < 1.29 is 14.0 Å². The number of hydrogen-bond acceptors (Lipinski definition) is 4. The van der Waals surface area contributed by atoms with Crippen LogP contribution in [0.2, 0.25) is 0 Å². The first-order valence-electron chi connectivity index (χ1n) is 8.53. The number of fused-ring (bicyclic) bond motifs is 1. The molecule has 0 atom stereocenters. The first-order valence-corrected chi connectivity index (χ1v) is 8.53. The fourth-order valence-corrected chi connectivity index (χ4v) is 2.56. The van der Waals surface area contributed by atoms with Crippen molar-refractivity contribution in [3.63, 3.8) is 0 Å². The van der Waals surface area contributed by atoms with E-state index in [0.29, 0.717) is 40.2 Å². The second-order valence-electron chi connectivity index (χ2n) is 6.15. The van der Waals surface area contributed by atoms with E-state index >= 15 is 0 Å². The number of amides is 2. The SMILES string of the molecule is CCC(=O)Nc1ccc(NC(=O)c2cc(F)cc3nc(C)c(C)nc23)cc1. The molecule has 1 aromatic heterocycles. The summed E-state index contributed by atoms with van der Waals surface area (Å²) in [5.41, 5.74) is 3.31. The molecule has 0 bridgehead atoms. The molecular formula is C20H19FN4O2. The Morgan fingerprint density at radius 2 is 1.56 bits per heavy atom. The Morgan fingerprint density at radius 3 is 2.19 bits per heavy atom. The van der Waals surface area contributed by atoms with E-state index in [9.17, 15) is 14.0 Å². The third-order valence-corrected chi connectivity index (χ3v) is 4.14. The maximum Gasteiger partial charge on any atom is 0.258 e. The highest BCUT2D eigenvalue weighted by Gasteiger charge is 2.16. The van der Waals surface area contributed by atoms with Crippen LogP contribution in [0.1, 0.15) is 35.1 Å². The highest BCUT2D eigenvalue weighted by molar-refractivity contribution is 6.11. The van der Waals surface area contributed by atoms with Gasteiger partial charge in [-0.1, -0.05) is 6.92 Å². The minimum Gasteiger partial charge on any atom is -0.326 e. The molecule has 0 aliphatic rings. The Balaban J connectivity index is 1.88. The molecule has 2 aromatic carbocycles. The Kier molecular flexibility index (Phi) is 5.12. The van der Waals surface area contributed by atoms with Crippen molar-refractivity contribution in [1.82, 2.24) is 9.97 Å². The number of aryl methyl sites for hydroxylation is 2. The quantitative estimate of drug-likeness (QED) is 0.731. The highest BCUT2D eigenvalue weighted by Crippen LogP contribution is 2.21. The third-order valence-electron chi connectivity index (χ3n) is 4.14. The molecule has 2 N–H and O–H groups in total. The minimum atomic E-state index is -0.553. The molecule has 0 fully saturated rings. The molecule has 2 amide bonds. The molecule has 3 rings (SSSR count). The zero-order valence-corrected chi connectivity index (χ0v) is 15.3. The van der Waals surface area contributed by atoms with E-state index in [1.165, 1.54) is 6.07 Å². The zero-order chi connectivity index (χ0) is 19.6. The van der Waals surface area contributed by atoms with Crippen LogP contribution in [0.5, 0.6) is 0 Å². The van der Waals surface area contributed by atoms with Gasteiger partial charge in [0.25, 0.3) is 5.91 Å². The van der Waals surface area contributed by atoms with Gasteiger partial charge in [0.15, 0.2) is 0 Å². The van der Waals surface area contributed by atoms with Gasteiger partial charge in [0.1, 0.15) is 11.3 Å². The lowest BCUT2D eigenvalue weighted by Crippen LogP contribution is -2.14. The van der Waals surface area contributed by atoms with E-state index in [1.54, 1.807) is 45.0 Å². The molecule has 0 radical (unpaired) electrons. The molecule has 0 saturated carbocycles. The second-order valence-corrected chi connectivity index (χ2v) is 6.15. The fourth-order valence-electron chi connectivity index (χ4n) is 2.56. The number of benzene rings is 2. The molecule has 138 valence electrons. The minimum absolute atomic E-state index is 0.0951. The number of nitrogens with one attached hydrogen (secondary N) is 2. The average molecular weight is 366 g/mol. The average Bonchev–Trinajstić information content (AvgIpc) is 2.64. The number of carbonyl (C=O) groups is 2. The second kappa shape index (κ2) is 7.49. The summed E-state index contributed by atoms with van der Waals surface area (Å²) in [6, 6.07) is 9.09. The Labute approximate surface area is 155 Å². The van der Waals surface area contributed by atoms with Crippen LogP contribution < -0.4 is 10.6 Å². The first kappa shape index (κ1) is 18.4. The summed E-state index contributed by atoms with van der Waals surface area (Å²) in [4.78, 5) is 32.8. The van der Waals surface area contributed by atoms with Gasteiger partial charge in [-0.15, -0.1) is 0 Å². The molecule has 0 saturated heterocycles. The summed E-state index contributed by atoms with van der Waals surface area (Å²) in [5.74, 6) is -1.13. The van der Waals surface area contributed by atoms with Crippen molar-refractivity contribution in [2.24, 2.45) is 0 Å². The van der Waals surface area contributed by atoms with Gasteiger partial charge >= 0.3 is 0 Å². The molecule has 27 heavy (non-hydrogen) atoms. The van der Waals surface area contributed by atoms with Gasteiger partial charge in [-0.2, -0.15) is 0 Å². The van der Waals surface area contributed by atoms with E-state index in [4.69, 9.17) is 0 Å². The molecular weight excluding hydrogens is 347 g/mol. The fraction of sp³-hybridized carbons (Fsp3) is 0.200. The maximum atomic E-state index is 13.9. The van der Waals surface area contributed by atoms with Crippen molar-refractivity contribution in [3.05, 3.63) is 59.2 Å². The van der Waals surface area contributed by atoms with Gasteiger partial charge in [0, 0.05) is 23.9 Å². The van der Waals surface area contributed by atoms with Gasteiger partial charge in [0.2, 0.25) is 5.91 Å². The Bertz CT molecular complexity index is 1030. The van der Waals surface area contributed by atoms with Crippen LogP contribution in [0.4, 0.5) is 15.8 Å². The lowest BCUT2D eigenvalue weighted by Gasteiger charge is -2.10. The third kappa shape index (κ3) is 4.08. The van der Waals surface area contributed by atoms with E-state index in [0.717, 1.165) is 6.07 Å². The summed E-state index contributed by atoms with van der Waals surface area (Å²) in [6.45, 7) is 5.33. The molecule has 0 aliphatic heterocycles. The molecule has 7 heteroatoms. The van der Waals surface area contributed by atoms with Crippen LogP contribution in [0.15, 0.2) is 36.4 Å². The smallest absolute Gasteiger partial charge is 0.258 e. The molecule has 3 aromatic rings. The predicted octanol–water partition coefficient (Wildman–Crippen LogP) is 3.99. The number of rotatable bonds is 4. The van der Waals surface area contributed by atoms with Crippen LogP contribution in [0, 0.1) is 19.7 Å². The van der Waals surface area contributed by atoms with Crippen molar-refractivity contribution in [2.75, 3.05) is 10.6 Å². The van der Waals surface area contributed by atoms with Crippen molar-refractivity contribution in [3.8, 4) is 0 Å². The van der Waals surface area contributed by atoms with Crippen LogP contribution in [0.3, 0.4) is 0 Å². The number of nitrogens with zero attached hydrogens (tertiary/aromatic N) is 2. The van der Waals surface area contributed by atoms with Crippen molar-refractivity contribution >= 4 is 34.2 Å². The number of halogens is 1. The van der Waals surface area contributed by atoms with E-state index < -0.39 is 11.7 Å². The summed E-state index contributed by atoms with van der Waals surface area (Å²) in [5, 5.41) is 5.45. The van der Waals surface area contributed by atoms with E-state index in [1.807, 2.05) is 0 Å². The monoisotopic (exact) mass is 366 g/mol. The van der Waals surface area contributed by atoms with E-state index in [2.05, 4.69) is 20.6 Å². The van der Waals surface area contributed by atoms with Gasteiger partial charge in [0.05, 0.1) is 22.5 Å². The summed E-state index contributed by atoms with van der Waals surface area (Å²) in [7, 11) is 0. The van der Waals surface area contributed by atoms with Crippen LogP contribution in [-0.4, -0.2) is 21.8 Å². The summed E-state index contributed by atoms with van der Waals surface area (Å²) < 4.78 is 13.9. The highest BCUT2D eigenvalue weighted by atomic mass is 19.1. The summed E-state index contributed by atoms with van der Waals surface area (Å²) in [6.07, 6.45) is 0.380. The number of hydrogen-bond donors (Lipinski definition) is 2. The van der Waals surface area contributed by atoms with Crippen molar-refractivity contribution in [2.45, 2.75) is 27.2 Å². The van der Waals surface area contributed by atoms with Gasteiger partial charge in [-0.25, -0.2) is 14.4 Å². The molecule has 1 heterocycles. The van der Waals surface area contributed by atoms with E-state index in [-0.39, 0.29) is 11.5 Å². The molecule has 0 unspecified atom stereocenters. The zero-order valence-electron chi connectivity index (χ0n) is 15.3. The molecule has 6 nitrogen and oxygen atoms in total. The molecule has 0 spiro atoms. The maximum absolute atomic E-state index is 13.9. The molecule has 0 aliphatic carbocycles. The van der Waals surface area contributed by atoms with Crippen LogP contribution in [0.25, 0.3) is 11.0 Å². The lowest BCUT2D eigenvalue weighted by molar-refractivity contribution is -0.115. The van der Waals surface area contributed by atoms with Gasteiger partial charge < -0.3 is 10.6 Å². The van der Waals surface area contributed by atoms with Crippen molar-refractivity contribution in [1.29, 1.82) is 0 Å². The standard InChI is InChI=1S/C20H19FN4O2/c1-4-18(26)24-14-5-7-15(8-6-14)25-20(27)16-9-13(21)10-17-19(16)23-12(3)11(2)22-17/h5-10H,4H2,1-3H3,(H,24,26)(H,25,27). The Morgan fingerprint density at radius 1 is 0.963 bits per heavy atom. The van der Waals surface area contributed by atoms with Gasteiger partial charge in [-0.3, -0.25) is 9.59 Å². The van der Waals surface area contributed by atoms with Gasteiger partial charge in [-0.05, 0) is 44.2 Å². The lowest BCUT2D eigenvalue weighted by atomic mass is 10.1.